The third-order valence-electron chi connectivity index (χ3n) is 6.18. The predicted molar refractivity (Wildman–Crippen MR) is 105 cm³/mol. The summed E-state index contributed by atoms with van der Waals surface area (Å²) in [6, 6.07) is 7.39. The maximum atomic E-state index is 13.3. The molecular weight excluding hydrogens is 402 g/mol. The van der Waals surface area contributed by atoms with Crippen molar-refractivity contribution in [3.05, 3.63) is 40.7 Å². The summed E-state index contributed by atoms with van der Waals surface area (Å²) in [6.45, 7) is 2.28. The van der Waals surface area contributed by atoms with Crippen molar-refractivity contribution in [2.75, 3.05) is 20.2 Å². The number of halogens is 1. The van der Waals surface area contributed by atoms with Crippen molar-refractivity contribution in [3.63, 3.8) is 0 Å². The first kappa shape index (κ1) is 19.7. The molecule has 1 aliphatic heterocycles. The van der Waals surface area contributed by atoms with Gasteiger partial charge in [0.15, 0.2) is 0 Å². The molecule has 1 saturated carbocycles. The Morgan fingerprint density at radius 2 is 2.11 bits per heavy atom. The summed E-state index contributed by atoms with van der Waals surface area (Å²) in [7, 11) is -0.577. The van der Waals surface area contributed by atoms with Gasteiger partial charge >= 0.3 is 0 Å². The van der Waals surface area contributed by atoms with Crippen LogP contribution in [0.1, 0.15) is 24.1 Å². The normalized spacial score (nSPS) is 27.9. The molecular formula is C19H24ClN3O4S. The lowest BCUT2D eigenvalue weighted by atomic mass is 9.82. The second kappa shape index (κ2) is 6.73. The van der Waals surface area contributed by atoms with Crippen LogP contribution in [0.5, 0.6) is 5.75 Å². The Kier molecular flexibility index (Phi) is 4.73. The number of hydrogen-bond donors (Lipinski definition) is 1. The maximum absolute atomic E-state index is 13.3. The average molecular weight is 426 g/mol. The zero-order valence-electron chi connectivity index (χ0n) is 16.1. The molecule has 1 aromatic heterocycles. The third-order valence-corrected chi connectivity index (χ3v) is 8.71. The first-order valence-electron chi connectivity index (χ1n) is 9.24. The minimum absolute atomic E-state index is 0.0570. The van der Waals surface area contributed by atoms with E-state index in [-0.39, 0.29) is 28.4 Å². The van der Waals surface area contributed by atoms with Crippen molar-refractivity contribution in [3.8, 4) is 5.75 Å². The second-order valence-electron chi connectivity index (χ2n) is 7.71. The third kappa shape index (κ3) is 2.85. The number of sulfonamides is 1. The number of fused-ring (bicyclic) bond motifs is 1. The zero-order chi connectivity index (χ0) is 20.3. The van der Waals surface area contributed by atoms with Gasteiger partial charge in [0.1, 0.15) is 15.8 Å². The number of rotatable bonds is 4. The summed E-state index contributed by atoms with van der Waals surface area (Å²) in [4.78, 5) is 0.0570. The van der Waals surface area contributed by atoms with E-state index in [2.05, 4.69) is 5.10 Å². The van der Waals surface area contributed by atoms with Crippen LogP contribution in [0.25, 0.3) is 0 Å². The van der Waals surface area contributed by atoms with Crippen molar-refractivity contribution in [1.29, 1.82) is 0 Å². The number of aromatic nitrogens is 2. The lowest BCUT2D eigenvalue weighted by Crippen LogP contribution is -2.36. The minimum Gasteiger partial charge on any atom is -0.497 e. The first-order valence-corrected chi connectivity index (χ1v) is 11.1. The molecule has 0 amide bonds. The van der Waals surface area contributed by atoms with E-state index in [4.69, 9.17) is 16.3 Å². The van der Waals surface area contributed by atoms with E-state index >= 15 is 0 Å². The van der Waals surface area contributed by atoms with E-state index in [0.29, 0.717) is 24.4 Å². The SMILES string of the molecule is COc1cccc([C@]2(O)CC[C@H]3CN(S(=O)(=O)c4c(C)nn(C)c4Cl)C[C@@H]32)c1. The summed E-state index contributed by atoms with van der Waals surface area (Å²) in [5.74, 6) is 0.599. The molecule has 1 N–H and O–H groups in total. The van der Waals surface area contributed by atoms with Gasteiger partial charge in [-0.25, -0.2) is 8.42 Å². The maximum Gasteiger partial charge on any atom is 0.248 e. The van der Waals surface area contributed by atoms with Gasteiger partial charge in [-0.1, -0.05) is 23.7 Å². The number of benzene rings is 1. The Balaban J connectivity index is 1.66. The molecule has 9 heteroatoms. The number of nitrogens with zero attached hydrogens (tertiary/aromatic N) is 3. The number of aliphatic hydroxyl groups is 1. The highest BCUT2D eigenvalue weighted by molar-refractivity contribution is 7.89. The lowest BCUT2D eigenvalue weighted by molar-refractivity contribution is -0.00416. The monoisotopic (exact) mass is 425 g/mol. The summed E-state index contributed by atoms with van der Waals surface area (Å²) in [6.07, 6.45) is 1.38. The molecule has 0 unspecified atom stereocenters. The fourth-order valence-electron chi connectivity index (χ4n) is 4.74. The van der Waals surface area contributed by atoms with Crippen LogP contribution in [-0.4, -0.2) is 47.8 Å². The van der Waals surface area contributed by atoms with E-state index in [9.17, 15) is 13.5 Å². The van der Waals surface area contributed by atoms with Crippen molar-refractivity contribution >= 4 is 21.6 Å². The largest absolute Gasteiger partial charge is 0.497 e. The molecule has 1 aliphatic carbocycles. The molecule has 3 atom stereocenters. The summed E-state index contributed by atoms with van der Waals surface area (Å²) in [5.41, 5.74) is 0.0823. The van der Waals surface area contributed by atoms with Gasteiger partial charge < -0.3 is 9.84 Å². The zero-order valence-corrected chi connectivity index (χ0v) is 17.7. The molecule has 0 spiro atoms. The van der Waals surface area contributed by atoms with Gasteiger partial charge in [-0.3, -0.25) is 4.68 Å². The molecule has 7 nitrogen and oxygen atoms in total. The Morgan fingerprint density at radius 1 is 1.36 bits per heavy atom. The van der Waals surface area contributed by atoms with E-state index in [1.54, 1.807) is 21.1 Å². The quantitative estimate of drug-likeness (QED) is 0.812. The van der Waals surface area contributed by atoms with Crippen LogP contribution in [0.3, 0.4) is 0 Å². The number of ether oxygens (including phenoxy) is 1. The fraction of sp³-hybridized carbons (Fsp3) is 0.526. The Hall–Kier alpha value is -1.61. The van der Waals surface area contributed by atoms with E-state index in [0.717, 1.165) is 12.0 Å². The van der Waals surface area contributed by atoms with Gasteiger partial charge in [0, 0.05) is 26.1 Å². The summed E-state index contributed by atoms with van der Waals surface area (Å²) >= 11 is 6.21. The van der Waals surface area contributed by atoms with Gasteiger partial charge in [0.05, 0.1) is 18.4 Å². The molecule has 1 saturated heterocycles. The molecule has 2 aromatic rings. The molecule has 4 rings (SSSR count). The summed E-state index contributed by atoms with van der Waals surface area (Å²) < 4.78 is 34.6. The highest BCUT2D eigenvalue weighted by atomic mass is 35.5. The van der Waals surface area contributed by atoms with Gasteiger partial charge in [-0.2, -0.15) is 9.40 Å². The first-order chi connectivity index (χ1) is 13.2. The molecule has 0 radical (unpaired) electrons. The highest BCUT2D eigenvalue weighted by Gasteiger charge is 2.55. The number of methoxy groups -OCH3 is 1. The minimum atomic E-state index is -3.78. The van der Waals surface area contributed by atoms with E-state index in [1.165, 1.54) is 8.99 Å². The molecule has 0 bridgehead atoms. The van der Waals surface area contributed by atoms with Crippen LogP contribution in [0, 0.1) is 18.8 Å². The van der Waals surface area contributed by atoms with Gasteiger partial charge in [0.25, 0.3) is 0 Å². The van der Waals surface area contributed by atoms with Crippen LogP contribution in [0.2, 0.25) is 5.15 Å². The van der Waals surface area contributed by atoms with Crippen LogP contribution < -0.4 is 4.74 Å². The van der Waals surface area contributed by atoms with E-state index < -0.39 is 15.6 Å². The van der Waals surface area contributed by atoms with Crippen LogP contribution in [0.15, 0.2) is 29.2 Å². The predicted octanol–water partition coefficient (Wildman–Crippen LogP) is 2.31. The van der Waals surface area contributed by atoms with Crippen LogP contribution in [-0.2, 0) is 22.7 Å². The van der Waals surface area contributed by atoms with Gasteiger partial charge in [-0.05, 0) is 43.4 Å². The van der Waals surface area contributed by atoms with Crippen molar-refractivity contribution < 1.29 is 18.3 Å². The lowest BCUT2D eigenvalue weighted by Gasteiger charge is -2.31. The van der Waals surface area contributed by atoms with Crippen molar-refractivity contribution in [1.82, 2.24) is 14.1 Å². The molecule has 2 aliphatic rings. The Labute approximate surface area is 169 Å². The van der Waals surface area contributed by atoms with Crippen LogP contribution >= 0.6 is 11.6 Å². The van der Waals surface area contributed by atoms with E-state index in [1.807, 2.05) is 24.3 Å². The second-order valence-corrected chi connectivity index (χ2v) is 9.95. The number of aryl methyl sites for hydroxylation is 2. The Morgan fingerprint density at radius 3 is 2.75 bits per heavy atom. The van der Waals surface area contributed by atoms with Crippen molar-refractivity contribution in [2.24, 2.45) is 18.9 Å². The Bertz CT molecular complexity index is 1020. The van der Waals surface area contributed by atoms with Gasteiger partial charge in [0.2, 0.25) is 10.0 Å². The highest BCUT2D eigenvalue weighted by Crippen LogP contribution is 2.52. The topological polar surface area (TPSA) is 84.7 Å². The number of hydrogen-bond acceptors (Lipinski definition) is 5. The van der Waals surface area contributed by atoms with Gasteiger partial charge in [-0.15, -0.1) is 0 Å². The smallest absolute Gasteiger partial charge is 0.248 e. The molecule has 2 fully saturated rings. The molecule has 28 heavy (non-hydrogen) atoms. The molecule has 1 aromatic carbocycles. The summed E-state index contributed by atoms with van der Waals surface area (Å²) in [5, 5.41) is 15.7. The van der Waals surface area contributed by atoms with Crippen molar-refractivity contribution in [2.45, 2.75) is 30.3 Å². The van der Waals surface area contributed by atoms with Crippen LogP contribution in [0.4, 0.5) is 0 Å². The standard InChI is InChI=1S/C19H24ClN3O4S/c1-12-17(18(20)22(2)21-12)28(25,26)23-10-13-7-8-19(24,16(13)11-23)14-5-4-6-15(9-14)27-3/h4-6,9,13,16,24H,7-8,10-11H2,1-3H3/t13-,16-,19+/m0/s1. The molecule has 152 valence electrons. The fourth-order valence-corrected chi connectivity index (χ4v) is 6.96. The molecule has 2 heterocycles. The average Bonchev–Trinajstić information content (AvgIpc) is 3.30.